The molecule has 2 aromatic rings. The molecule has 21 heavy (non-hydrogen) atoms. The van der Waals surface area contributed by atoms with Crippen LogP contribution in [0.4, 0.5) is 5.69 Å². The summed E-state index contributed by atoms with van der Waals surface area (Å²) in [5, 5.41) is 8.34. The molecule has 0 radical (unpaired) electrons. The Kier molecular flexibility index (Phi) is 3.65. The second-order valence-electron chi connectivity index (χ2n) is 4.67. The predicted octanol–water partition coefficient (Wildman–Crippen LogP) is 0.368. The molecule has 1 aliphatic heterocycles. The Morgan fingerprint density at radius 3 is 3.05 bits per heavy atom. The number of piperazine rings is 1. The minimum atomic E-state index is -0.434. The summed E-state index contributed by atoms with van der Waals surface area (Å²) in [5.41, 5.74) is 1.49. The van der Waals surface area contributed by atoms with Crippen LogP contribution in [0.2, 0.25) is 0 Å². The molecule has 0 spiro atoms. The molecule has 1 unspecified atom stereocenters. The molecule has 1 saturated heterocycles. The van der Waals surface area contributed by atoms with Crippen molar-refractivity contribution >= 4 is 17.5 Å². The maximum Gasteiger partial charge on any atom is 0.243 e. The van der Waals surface area contributed by atoms with Gasteiger partial charge in [0.2, 0.25) is 11.8 Å². The summed E-state index contributed by atoms with van der Waals surface area (Å²) < 4.78 is 5.22. The summed E-state index contributed by atoms with van der Waals surface area (Å²) >= 11 is 0. The standard InChI is InChI=1S/C14H14N4O3/c19-13-7-16-11(5-17-13)14(20)18-10-3-1-2-9(4-10)12-6-15-8-21-12/h1-4,6,8,11,16H,5,7H2,(H,17,19)(H,18,20). The highest BCUT2D eigenvalue weighted by atomic mass is 16.3. The van der Waals surface area contributed by atoms with Crippen molar-refractivity contribution in [3.63, 3.8) is 0 Å². The van der Waals surface area contributed by atoms with Crippen LogP contribution in [0, 0.1) is 0 Å². The quantitative estimate of drug-likeness (QED) is 0.757. The van der Waals surface area contributed by atoms with E-state index in [9.17, 15) is 9.59 Å². The predicted molar refractivity (Wildman–Crippen MR) is 75.4 cm³/mol. The number of carbonyl (C=O) groups excluding carboxylic acids is 2. The summed E-state index contributed by atoms with van der Waals surface area (Å²) in [6.07, 6.45) is 2.97. The maximum absolute atomic E-state index is 12.1. The van der Waals surface area contributed by atoms with E-state index < -0.39 is 6.04 Å². The summed E-state index contributed by atoms with van der Waals surface area (Å²) in [6.45, 7) is 0.433. The van der Waals surface area contributed by atoms with Gasteiger partial charge in [0.15, 0.2) is 12.2 Å². The number of aromatic nitrogens is 1. The molecule has 108 valence electrons. The van der Waals surface area contributed by atoms with Gasteiger partial charge < -0.3 is 15.1 Å². The summed E-state index contributed by atoms with van der Waals surface area (Å²) in [7, 11) is 0. The Morgan fingerprint density at radius 2 is 2.33 bits per heavy atom. The lowest BCUT2D eigenvalue weighted by molar-refractivity contribution is -0.124. The molecule has 0 bridgehead atoms. The number of anilines is 1. The maximum atomic E-state index is 12.1. The van der Waals surface area contributed by atoms with Crippen molar-refractivity contribution in [1.82, 2.24) is 15.6 Å². The van der Waals surface area contributed by atoms with Crippen LogP contribution in [0.1, 0.15) is 0 Å². The zero-order valence-electron chi connectivity index (χ0n) is 11.1. The number of nitrogens with one attached hydrogen (secondary N) is 3. The van der Waals surface area contributed by atoms with E-state index in [0.29, 0.717) is 11.4 Å². The van der Waals surface area contributed by atoms with Gasteiger partial charge in [-0.05, 0) is 12.1 Å². The second-order valence-corrected chi connectivity index (χ2v) is 4.67. The fourth-order valence-electron chi connectivity index (χ4n) is 2.09. The third kappa shape index (κ3) is 3.09. The van der Waals surface area contributed by atoms with Crippen molar-refractivity contribution in [2.24, 2.45) is 0 Å². The first-order chi connectivity index (χ1) is 10.2. The van der Waals surface area contributed by atoms with Crippen LogP contribution in [0.5, 0.6) is 0 Å². The van der Waals surface area contributed by atoms with Crippen LogP contribution < -0.4 is 16.0 Å². The van der Waals surface area contributed by atoms with Gasteiger partial charge in [-0.15, -0.1) is 0 Å². The molecule has 0 saturated carbocycles. The van der Waals surface area contributed by atoms with Crippen molar-refractivity contribution in [2.75, 3.05) is 18.4 Å². The Balaban J connectivity index is 1.69. The van der Waals surface area contributed by atoms with E-state index in [4.69, 9.17) is 4.42 Å². The van der Waals surface area contributed by atoms with Crippen molar-refractivity contribution in [3.05, 3.63) is 36.9 Å². The highest BCUT2D eigenvalue weighted by Crippen LogP contribution is 2.22. The average Bonchev–Trinajstić information content (AvgIpc) is 3.02. The van der Waals surface area contributed by atoms with E-state index >= 15 is 0 Å². The van der Waals surface area contributed by atoms with E-state index in [2.05, 4.69) is 20.9 Å². The number of carbonyl (C=O) groups is 2. The van der Waals surface area contributed by atoms with Crippen LogP contribution in [-0.2, 0) is 9.59 Å². The zero-order chi connectivity index (χ0) is 14.7. The number of benzene rings is 1. The average molecular weight is 286 g/mol. The summed E-state index contributed by atoms with van der Waals surface area (Å²) in [4.78, 5) is 27.0. The molecule has 1 aliphatic rings. The lowest BCUT2D eigenvalue weighted by Gasteiger charge is -2.23. The minimum Gasteiger partial charge on any atom is -0.444 e. The van der Waals surface area contributed by atoms with Gasteiger partial charge in [-0.25, -0.2) is 4.98 Å². The van der Waals surface area contributed by atoms with Gasteiger partial charge in [0.1, 0.15) is 6.04 Å². The second kappa shape index (κ2) is 5.76. The molecule has 3 N–H and O–H groups in total. The lowest BCUT2D eigenvalue weighted by atomic mass is 10.1. The van der Waals surface area contributed by atoms with E-state index in [1.807, 2.05) is 12.1 Å². The smallest absolute Gasteiger partial charge is 0.243 e. The normalized spacial score (nSPS) is 18.1. The number of rotatable bonds is 3. The number of nitrogens with zero attached hydrogens (tertiary/aromatic N) is 1. The first kappa shape index (κ1) is 13.3. The SMILES string of the molecule is O=C1CNC(C(=O)Nc2cccc(-c3cnco3)c2)CN1. The van der Waals surface area contributed by atoms with Crippen molar-refractivity contribution in [1.29, 1.82) is 0 Å². The molecule has 1 aromatic heterocycles. The molecule has 0 aliphatic carbocycles. The number of hydrogen-bond donors (Lipinski definition) is 3. The molecular weight excluding hydrogens is 272 g/mol. The largest absolute Gasteiger partial charge is 0.444 e. The molecule has 2 heterocycles. The van der Waals surface area contributed by atoms with Crippen LogP contribution in [-0.4, -0.2) is 35.9 Å². The molecule has 7 heteroatoms. The monoisotopic (exact) mass is 286 g/mol. The molecular formula is C14H14N4O3. The van der Waals surface area contributed by atoms with Crippen molar-refractivity contribution < 1.29 is 14.0 Å². The summed E-state index contributed by atoms with van der Waals surface area (Å²) in [6, 6.07) is 6.86. The summed E-state index contributed by atoms with van der Waals surface area (Å²) in [5.74, 6) is 0.338. The third-order valence-electron chi connectivity index (χ3n) is 3.18. The lowest BCUT2D eigenvalue weighted by Crippen LogP contribution is -2.56. The van der Waals surface area contributed by atoms with Gasteiger partial charge in [0.25, 0.3) is 0 Å². The van der Waals surface area contributed by atoms with Crippen LogP contribution in [0.3, 0.4) is 0 Å². The van der Waals surface area contributed by atoms with Gasteiger partial charge in [-0.2, -0.15) is 0 Å². The first-order valence-corrected chi connectivity index (χ1v) is 6.52. The fourth-order valence-corrected chi connectivity index (χ4v) is 2.09. The van der Waals surface area contributed by atoms with Gasteiger partial charge >= 0.3 is 0 Å². The Hall–Kier alpha value is -2.67. The minimum absolute atomic E-state index is 0.105. The van der Waals surface area contributed by atoms with Gasteiger partial charge in [0.05, 0.1) is 12.7 Å². The number of hydrogen-bond acceptors (Lipinski definition) is 5. The number of amides is 2. The molecule has 7 nitrogen and oxygen atoms in total. The zero-order valence-corrected chi connectivity index (χ0v) is 11.1. The van der Waals surface area contributed by atoms with Gasteiger partial charge in [-0.3, -0.25) is 14.9 Å². The third-order valence-corrected chi connectivity index (χ3v) is 3.18. The Bertz CT molecular complexity index is 644. The van der Waals surface area contributed by atoms with Crippen LogP contribution in [0.15, 0.2) is 41.3 Å². The number of oxazole rings is 1. The van der Waals surface area contributed by atoms with Gasteiger partial charge in [-0.1, -0.05) is 12.1 Å². The molecule has 1 atom stereocenters. The van der Waals surface area contributed by atoms with Gasteiger partial charge in [0, 0.05) is 17.8 Å². The van der Waals surface area contributed by atoms with E-state index in [1.54, 1.807) is 18.3 Å². The topological polar surface area (TPSA) is 96.3 Å². The fraction of sp³-hybridized carbons (Fsp3) is 0.214. The van der Waals surface area contributed by atoms with Crippen LogP contribution in [0.25, 0.3) is 11.3 Å². The highest BCUT2D eigenvalue weighted by Gasteiger charge is 2.23. The van der Waals surface area contributed by atoms with Crippen molar-refractivity contribution in [3.8, 4) is 11.3 Å². The highest BCUT2D eigenvalue weighted by molar-refractivity contribution is 5.96. The molecule has 3 rings (SSSR count). The molecule has 1 fully saturated rings. The van der Waals surface area contributed by atoms with Crippen LogP contribution >= 0.6 is 0 Å². The van der Waals surface area contributed by atoms with E-state index in [1.165, 1.54) is 6.39 Å². The van der Waals surface area contributed by atoms with E-state index in [-0.39, 0.29) is 24.9 Å². The molecule has 1 aromatic carbocycles. The van der Waals surface area contributed by atoms with E-state index in [0.717, 1.165) is 5.56 Å². The Morgan fingerprint density at radius 1 is 1.43 bits per heavy atom. The van der Waals surface area contributed by atoms with Crippen molar-refractivity contribution in [2.45, 2.75) is 6.04 Å². The Labute approximate surface area is 120 Å². The molecule has 2 amide bonds. The first-order valence-electron chi connectivity index (χ1n) is 6.52.